The number of hydrogen-bond donors (Lipinski definition) is 1. The molecule has 1 amide bonds. The predicted octanol–water partition coefficient (Wildman–Crippen LogP) is 2.97. The molecule has 2 aromatic heterocycles. The number of anilines is 1. The largest absolute Gasteiger partial charge is 0.416 e. The molecule has 13 heteroatoms. The van der Waals surface area contributed by atoms with Gasteiger partial charge in [-0.3, -0.25) is 14.2 Å². The van der Waals surface area contributed by atoms with Crippen molar-refractivity contribution in [3.63, 3.8) is 0 Å². The van der Waals surface area contributed by atoms with Crippen molar-refractivity contribution in [3.8, 4) is 0 Å². The van der Waals surface area contributed by atoms with Gasteiger partial charge in [-0.25, -0.2) is 18.4 Å². The summed E-state index contributed by atoms with van der Waals surface area (Å²) in [7, 11) is 0. The number of alkyl halides is 3. The molecule has 4 rings (SSSR count). The maximum absolute atomic E-state index is 13.7. The molecule has 0 radical (unpaired) electrons. The number of rotatable bonds is 5. The second-order valence-corrected chi connectivity index (χ2v) is 6.97. The van der Waals surface area contributed by atoms with Crippen molar-refractivity contribution in [1.82, 2.24) is 24.5 Å². The molecule has 0 aliphatic carbocycles. The molecule has 2 heterocycles. The van der Waals surface area contributed by atoms with E-state index in [0.717, 1.165) is 45.9 Å². The van der Waals surface area contributed by atoms with Gasteiger partial charge in [-0.2, -0.15) is 13.2 Å². The summed E-state index contributed by atoms with van der Waals surface area (Å²) in [5, 5.41) is 9.64. The van der Waals surface area contributed by atoms with E-state index in [2.05, 4.69) is 20.6 Å². The van der Waals surface area contributed by atoms with Crippen LogP contribution in [0, 0.1) is 11.6 Å². The highest BCUT2D eigenvalue weighted by atomic mass is 19.4. The van der Waals surface area contributed by atoms with Crippen LogP contribution >= 0.6 is 0 Å². The molecule has 170 valence electrons. The Kier molecular flexibility index (Phi) is 5.62. The van der Waals surface area contributed by atoms with Gasteiger partial charge in [0.15, 0.2) is 11.2 Å². The Hall–Kier alpha value is -4.16. The number of halogens is 5. The van der Waals surface area contributed by atoms with Crippen molar-refractivity contribution in [3.05, 3.63) is 81.9 Å². The second kappa shape index (κ2) is 8.41. The predicted molar refractivity (Wildman–Crippen MR) is 105 cm³/mol. The van der Waals surface area contributed by atoms with Gasteiger partial charge in [0.1, 0.15) is 24.5 Å². The number of nitrogens with zero attached hydrogens (tertiary/aromatic N) is 5. The van der Waals surface area contributed by atoms with Gasteiger partial charge < -0.3 is 5.32 Å². The fourth-order valence-electron chi connectivity index (χ4n) is 3.06. The molecule has 0 saturated heterocycles. The second-order valence-electron chi connectivity index (χ2n) is 6.97. The normalized spacial score (nSPS) is 11.7. The molecule has 8 nitrogen and oxygen atoms in total. The summed E-state index contributed by atoms with van der Waals surface area (Å²) in [5.41, 5.74) is -1.92. The number of hydrogen-bond acceptors (Lipinski definition) is 5. The molecular formula is C20H13F5N6O2. The molecule has 1 N–H and O–H groups in total. The van der Waals surface area contributed by atoms with Crippen LogP contribution in [0.4, 0.5) is 27.6 Å². The molecule has 0 aliphatic heterocycles. The minimum atomic E-state index is -4.51. The van der Waals surface area contributed by atoms with Crippen molar-refractivity contribution in [2.45, 2.75) is 19.3 Å². The van der Waals surface area contributed by atoms with Gasteiger partial charge >= 0.3 is 6.18 Å². The standard InChI is InChI=1S/C20H13F5N6O2/c21-13-4-5-14(22)15(7-13)27-16(32)9-30-10-26-18-17(19(30)33)28-29-31(18)8-11-2-1-3-12(6-11)20(23,24)25/h1-7,10H,8-9H2,(H,27,32). The molecule has 0 atom stereocenters. The molecular weight excluding hydrogens is 451 g/mol. The van der Waals surface area contributed by atoms with Crippen LogP contribution in [-0.4, -0.2) is 30.5 Å². The fourth-order valence-corrected chi connectivity index (χ4v) is 3.06. The van der Waals surface area contributed by atoms with Gasteiger partial charge in [0.05, 0.1) is 17.8 Å². The van der Waals surface area contributed by atoms with E-state index in [0.29, 0.717) is 0 Å². The van der Waals surface area contributed by atoms with Gasteiger partial charge in [-0.1, -0.05) is 17.3 Å². The Morgan fingerprint density at radius 1 is 1.09 bits per heavy atom. The first kappa shape index (κ1) is 22.0. The Morgan fingerprint density at radius 2 is 1.88 bits per heavy atom. The highest BCUT2D eigenvalue weighted by Gasteiger charge is 2.30. The highest BCUT2D eigenvalue weighted by Crippen LogP contribution is 2.29. The summed E-state index contributed by atoms with van der Waals surface area (Å²) < 4.78 is 67.7. The number of amides is 1. The third kappa shape index (κ3) is 4.71. The highest BCUT2D eigenvalue weighted by molar-refractivity contribution is 5.90. The lowest BCUT2D eigenvalue weighted by Crippen LogP contribution is -2.28. The van der Waals surface area contributed by atoms with Crippen LogP contribution in [0.1, 0.15) is 11.1 Å². The number of aromatic nitrogens is 5. The average Bonchev–Trinajstić information content (AvgIpc) is 3.16. The van der Waals surface area contributed by atoms with E-state index in [-0.39, 0.29) is 23.3 Å². The zero-order chi connectivity index (χ0) is 23.8. The molecule has 0 saturated carbocycles. The first-order chi connectivity index (χ1) is 15.6. The van der Waals surface area contributed by atoms with E-state index < -0.39 is 47.1 Å². The quantitative estimate of drug-likeness (QED) is 0.459. The molecule has 0 aliphatic rings. The summed E-state index contributed by atoms with van der Waals surface area (Å²) in [4.78, 5) is 28.8. The smallest absolute Gasteiger partial charge is 0.322 e. The van der Waals surface area contributed by atoms with E-state index in [1.54, 1.807) is 0 Å². The van der Waals surface area contributed by atoms with E-state index in [4.69, 9.17) is 0 Å². The van der Waals surface area contributed by atoms with Crippen LogP contribution in [0.15, 0.2) is 53.6 Å². The minimum Gasteiger partial charge on any atom is -0.322 e. The number of carbonyl (C=O) groups excluding carboxylic acids is 1. The first-order valence-electron chi connectivity index (χ1n) is 9.31. The van der Waals surface area contributed by atoms with Gasteiger partial charge in [0.2, 0.25) is 5.91 Å². The third-order valence-corrected chi connectivity index (χ3v) is 4.59. The number of benzene rings is 2. The van der Waals surface area contributed by atoms with Gasteiger partial charge in [-0.05, 0) is 29.8 Å². The zero-order valence-corrected chi connectivity index (χ0v) is 16.5. The van der Waals surface area contributed by atoms with Gasteiger partial charge in [-0.15, -0.1) is 5.10 Å². The number of fused-ring (bicyclic) bond motifs is 1. The zero-order valence-electron chi connectivity index (χ0n) is 16.5. The Balaban J connectivity index is 1.55. The Labute approximate surface area is 181 Å². The van der Waals surface area contributed by atoms with Crippen molar-refractivity contribution in [1.29, 1.82) is 0 Å². The van der Waals surface area contributed by atoms with Crippen molar-refractivity contribution in [2.24, 2.45) is 0 Å². The topological polar surface area (TPSA) is 94.7 Å². The van der Waals surface area contributed by atoms with E-state index in [9.17, 15) is 31.5 Å². The van der Waals surface area contributed by atoms with E-state index in [1.165, 1.54) is 12.1 Å². The van der Waals surface area contributed by atoms with Gasteiger partial charge in [0.25, 0.3) is 5.56 Å². The molecule has 0 unspecified atom stereocenters. The monoisotopic (exact) mass is 464 g/mol. The summed E-state index contributed by atoms with van der Waals surface area (Å²) >= 11 is 0. The van der Waals surface area contributed by atoms with Crippen LogP contribution in [0.5, 0.6) is 0 Å². The summed E-state index contributed by atoms with van der Waals surface area (Å²) in [6.45, 7) is -0.700. The summed E-state index contributed by atoms with van der Waals surface area (Å²) in [6, 6.07) is 7.10. The molecule has 0 spiro atoms. The van der Waals surface area contributed by atoms with E-state index >= 15 is 0 Å². The van der Waals surface area contributed by atoms with Crippen LogP contribution in [0.25, 0.3) is 11.2 Å². The minimum absolute atomic E-state index is 0.00486. The average molecular weight is 464 g/mol. The lowest BCUT2D eigenvalue weighted by Gasteiger charge is -2.09. The van der Waals surface area contributed by atoms with Gasteiger partial charge in [0, 0.05) is 6.07 Å². The molecule has 0 fully saturated rings. The van der Waals surface area contributed by atoms with Crippen LogP contribution in [0.2, 0.25) is 0 Å². The molecule has 33 heavy (non-hydrogen) atoms. The SMILES string of the molecule is O=C(Cn1cnc2c(nnn2Cc2cccc(C(F)(F)F)c2)c1=O)Nc1cc(F)ccc1F. The van der Waals surface area contributed by atoms with Crippen LogP contribution < -0.4 is 10.9 Å². The third-order valence-electron chi connectivity index (χ3n) is 4.59. The maximum atomic E-state index is 13.7. The summed E-state index contributed by atoms with van der Waals surface area (Å²) in [6.07, 6.45) is -3.49. The number of nitrogens with one attached hydrogen (secondary N) is 1. The summed E-state index contributed by atoms with van der Waals surface area (Å²) in [5.74, 6) is -2.44. The van der Waals surface area contributed by atoms with Crippen LogP contribution in [0.3, 0.4) is 0 Å². The van der Waals surface area contributed by atoms with Crippen molar-refractivity contribution in [2.75, 3.05) is 5.32 Å². The maximum Gasteiger partial charge on any atom is 0.416 e. The molecule has 4 aromatic rings. The first-order valence-corrected chi connectivity index (χ1v) is 9.31. The lowest BCUT2D eigenvalue weighted by molar-refractivity contribution is -0.137. The Bertz CT molecular complexity index is 1410. The van der Waals surface area contributed by atoms with Crippen molar-refractivity contribution >= 4 is 22.8 Å². The van der Waals surface area contributed by atoms with Crippen LogP contribution in [-0.2, 0) is 24.1 Å². The van der Waals surface area contributed by atoms with E-state index in [1.807, 2.05) is 0 Å². The molecule has 2 aromatic carbocycles. The Morgan fingerprint density at radius 3 is 2.64 bits per heavy atom. The number of carbonyl (C=O) groups is 1. The fraction of sp³-hybridized carbons (Fsp3) is 0.150. The lowest BCUT2D eigenvalue weighted by atomic mass is 10.1. The van der Waals surface area contributed by atoms with Crippen molar-refractivity contribution < 1.29 is 26.7 Å². The molecule has 0 bridgehead atoms.